The van der Waals surface area contributed by atoms with Gasteiger partial charge in [-0.15, -0.1) is 0 Å². The van der Waals surface area contributed by atoms with Gasteiger partial charge in [0.2, 0.25) is 0 Å². The van der Waals surface area contributed by atoms with Crippen LogP contribution in [0.4, 0.5) is 9.59 Å². The van der Waals surface area contributed by atoms with E-state index in [9.17, 15) is 14.4 Å². The fourth-order valence-electron chi connectivity index (χ4n) is 4.63. The summed E-state index contributed by atoms with van der Waals surface area (Å²) in [5, 5.41) is 2.72. The number of amides is 1. The van der Waals surface area contributed by atoms with Crippen molar-refractivity contribution >= 4 is 18.2 Å². The van der Waals surface area contributed by atoms with E-state index in [4.69, 9.17) is 14.2 Å². The number of carbonyl (C=O) groups excluding carboxylic acids is 3. The van der Waals surface area contributed by atoms with Gasteiger partial charge in [-0.1, -0.05) is 109 Å². The highest BCUT2D eigenvalue weighted by molar-refractivity contribution is 5.69. The first-order valence-electron chi connectivity index (χ1n) is 16.3. The van der Waals surface area contributed by atoms with Crippen LogP contribution in [0.25, 0.3) is 0 Å². The first kappa shape index (κ1) is 37.2. The average Bonchev–Trinajstić information content (AvgIpc) is 3.00. The molecular formula is C33H57N2O7+. The summed E-state index contributed by atoms with van der Waals surface area (Å²) >= 11 is 0. The van der Waals surface area contributed by atoms with Crippen LogP contribution in [0, 0.1) is 0 Å². The molecule has 0 fully saturated rings. The molecule has 9 heteroatoms. The van der Waals surface area contributed by atoms with Crippen LogP contribution in [-0.4, -0.2) is 51.2 Å². The summed E-state index contributed by atoms with van der Waals surface area (Å²) in [6, 6.07) is 5.77. The van der Waals surface area contributed by atoms with Crippen molar-refractivity contribution in [2.45, 2.75) is 135 Å². The van der Waals surface area contributed by atoms with E-state index in [0.29, 0.717) is 19.5 Å². The van der Waals surface area contributed by atoms with Crippen LogP contribution in [0.3, 0.4) is 0 Å². The van der Waals surface area contributed by atoms with Crippen LogP contribution in [0.5, 0.6) is 0 Å². The Morgan fingerprint density at radius 2 is 1.21 bits per heavy atom. The number of nitrogens with zero attached hydrogens (tertiary/aromatic N) is 1. The summed E-state index contributed by atoms with van der Waals surface area (Å²) in [6.07, 6.45) is 22.9. The highest BCUT2D eigenvalue weighted by Crippen LogP contribution is 2.13. The van der Waals surface area contributed by atoms with Gasteiger partial charge in [0.05, 0.1) is 13.5 Å². The Morgan fingerprint density at radius 3 is 1.76 bits per heavy atom. The van der Waals surface area contributed by atoms with E-state index < -0.39 is 24.3 Å². The molecule has 1 aromatic rings. The Labute approximate surface area is 254 Å². The van der Waals surface area contributed by atoms with Gasteiger partial charge >= 0.3 is 18.2 Å². The monoisotopic (exact) mass is 593 g/mol. The molecule has 0 radical (unpaired) electrons. The maximum Gasteiger partial charge on any atom is 0.508 e. The Balaban J connectivity index is 2.03. The van der Waals surface area contributed by atoms with Crippen LogP contribution < -0.4 is 9.88 Å². The summed E-state index contributed by atoms with van der Waals surface area (Å²) < 4.78 is 22.0. The van der Waals surface area contributed by atoms with Gasteiger partial charge in [-0.2, -0.15) is 0 Å². The minimum atomic E-state index is -0.953. The van der Waals surface area contributed by atoms with Crippen molar-refractivity contribution in [2.24, 2.45) is 0 Å². The molecule has 42 heavy (non-hydrogen) atoms. The van der Waals surface area contributed by atoms with Gasteiger partial charge in [0.1, 0.15) is 19.8 Å². The third-order valence-corrected chi connectivity index (χ3v) is 7.13. The fourth-order valence-corrected chi connectivity index (χ4v) is 4.63. The molecule has 9 nitrogen and oxygen atoms in total. The molecule has 1 amide bonds. The Bertz CT molecular complexity index is 807. The number of unbranched alkanes of at least 4 members (excludes halogenated alkanes) is 15. The molecule has 240 valence electrons. The zero-order chi connectivity index (χ0) is 30.5. The summed E-state index contributed by atoms with van der Waals surface area (Å²) in [7, 11) is 1.18. The van der Waals surface area contributed by atoms with Crippen molar-refractivity contribution in [1.82, 2.24) is 5.32 Å². The van der Waals surface area contributed by atoms with Crippen molar-refractivity contribution in [3.63, 3.8) is 0 Å². The number of nitrogens with one attached hydrogen (secondary N) is 1. The second-order valence-electron chi connectivity index (χ2n) is 10.9. The molecule has 0 bridgehead atoms. The lowest BCUT2D eigenvalue weighted by atomic mass is 10.0. The van der Waals surface area contributed by atoms with Gasteiger partial charge in [-0.3, -0.25) is 4.79 Å². The zero-order valence-electron chi connectivity index (χ0n) is 26.3. The van der Waals surface area contributed by atoms with Crippen LogP contribution in [0.1, 0.15) is 122 Å². The molecule has 1 heterocycles. The highest BCUT2D eigenvalue weighted by Gasteiger charge is 2.20. The number of hydrogen-bond acceptors (Lipinski definition) is 7. The van der Waals surface area contributed by atoms with Crippen LogP contribution in [-0.2, 0) is 30.3 Å². The molecule has 1 atom stereocenters. The van der Waals surface area contributed by atoms with Crippen LogP contribution in [0.15, 0.2) is 30.6 Å². The summed E-state index contributed by atoms with van der Waals surface area (Å²) in [4.78, 5) is 35.7. The van der Waals surface area contributed by atoms with Crippen LogP contribution in [0.2, 0.25) is 0 Å². The summed E-state index contributed by atoms with van der Waals surface area (Å²) in [5.74, 6) is -0.419. The van der Waals surface area contributed by atoms with Gasteiger partial charge in [-0.25, -0.2) is 14.2 Å². The standard InChI is InChI=1S/C33H56N2O7/c1-3-4-5-6-7-8-9-10-11-12-13-14-15-16-17-19-24-34-32(37)41-29-30(42-33(38)39-2)28-40-31(36)23-22-27-35-25-20-18-21-26-35/h18,20-21,25-26,30H,3-17,19,22-24,27-29H2,1-2H3/p+1/t30-/m1/s1. The number of methoxy groups -OCH3 is 1. The Morgan fingerprint density at radius 1 is 0.690 bits per heavy atom. The second kappa shape index (κ2) is 27.0. The summed E-state index contributed by atoms with van der Waals surface area (Å²) in [6.45, 7) is 3.00. The average molecular weight is 594 g/mol. The molecule has 0 unspecified atom stereocenters. The van der Waals surface area contributed by atoms with E-state index in [1.165, 1.54) is 97.0 Å². The molecule has 0 saturated heterocycles. The highest BCUT2D eigenvalue weighted by atomic mass is 16.7. The number of rotatable bonds is 26. The zero-order valence-corrected chi connectivity index (χ0v) is 26.3. The Kier molecular flexibility index (Phi) is 23.9. The van der Waals surface area contributed by atoms with Crippen molar-refractivity contribution < 1.29 is 37.9 Å². The predicted molar refractivity (Wildman–Crippen MR) is 163 cm³/mol. The largest absolute Gasteiger partial charge is 0.508 e. The van der Waals surface area contributed by atoms with E-state index in [1.807, 2.05) is 35.2 Å². The lowest BCUT2D eigenvalue weighted by molar-refractivity contribution is -0.697. The smallest absolute Gasteiger partial charge is 0.462 e. The number of esters is 1. The number of ether oxygens (including phenoxy) is 4. The number of aromatic nitrogens is 1. The quantitative estimate of drug-likeness (QED) is 0.0515. The first-order chi connectivity index (χ1) is 20.5. The summed E-state index contributed by atoms with van der Waals surface area (Å²) in [5.41, 5.74) is 0. The van der Waals surface area contributed by atoms with E-state index in [2.05, 4.69) is 17.0 Å². The lowest BCUT2D eigenvalue weighted by Gasteiger charge is -2.17. The third kappa shape index (κ3) is 22.8. The van der Waals surface area contributed by atoms with Crippen LogP contribution >= 0.6 is 0 Å². The molecule has 1 aromatic heterocycles. The third-order valence-electron chi connectivity index (χ3n) is 7.13. The van der Waals surface area contributed by atoms with Gasteiger partial charge in [0.25, 0.3) is 0 Å². The van der Waals surface area contributed by atoms with E-state index in [-0.39, 0.29) is 19.6 Å². The normalized spacial score (nSPS) is 11.5. The van der Waals surface area contributed by atoms with Gasteiger partial charge < -0.3 is 24.3 Å². The minimum absolute atomic E-state index is 0.216. The first-order valence-corrected chi connectivity index (χ1v) is 16.3. The number of carbonyl (C=O) groups is 3. The molecule has 1 rings (SSSR count). The molecule has 0 aliphatic rings. The van der Waals surface area contributed by atoms with Gasteiger partial charge in [0.15, 0.2) is 18.5 Å². The Hall–Kier alpha value is -2.84. The number of pyridine rings is 1. The van der Waals surface area contributed by atoms with E-state index in [0.717, 1.165) is 12.8 Å². The topological polar surface area (TPSA) is 104 Å². The SMILES string of the molecule is CCCCCCCCCCCCCCCCCCNC(=O)OC[C@@H](COC(=O)CCC[n+]1ccccc1)OC(=O)OC. The molecule has 0 spiro atoms. The van der Waals surface area contributed by atoms with Crippen molar-refractivity contribution in [3.8, 4) is 0 Å². The maximum atomic E-state index is 12.1. The maximum absolute atomic E-state index is 12.1. The molecule has 0 saturated carbocycles. The van der Waals surface area contributed by atoms with Gasteiger partial charge in [-0.05, 0) is 6.42 Å². The predicted octanol–water partition coefficient (Wildman–Crippen LogP) is 7.44. The fraction of sp³-hybridized carbons (Fsp3) is 0.758. The second-order valence-corrected chi connectivity index (χ2v) is 10.9. The van der Waals surface area contributed by atoms with E-state index in [1.54, 1.807) is 0 Å². The van der Waals surface area contributed by atoms with Crippen molar-refractivity contribution in [3.05, 3.63) is 30.6 Å². The van der Waals surface area contributed by atoms with Crippen molar-refractivity contribution in [2.75, 3.05) is 26.9 Å². The molecule has 0 aromatic carbocycles. The number of hydrogen-bond donors (Lipinski definition) is 1. The molecule has 1 N–H and O–H groups in total. The van der Waals surface area contributed by atoms with Gasteiger partial charge in [0, 0.05) is 25.1 Å². The molecule has 0 aliphatic heterocycles. The molecule has 0 aliphatic carbocycles. The number of aryl methyl sites for hydroxylation is 1. The lowest BCUT2D eigenvalue weighted by Crippen LogP contribution is -2.34. The number of alkyl carbamates (subject to hydrolysis) is 1. The van der Waals surface area contributed by atoms with Crippen molar-refractivity contribution in [1.29, 1.82) is 0 Å². The minimum Gasteiger partial charge on any atom is -0.462 e. The van der Waals surface area contributed by atoms with E-state index >= 15 is 0 Å². The molecular weight excluding hydrogens is 536 g/mol.